The van der Waals surface area contributed by atoms with E-state index in [0.29, 0.717) is 0 Å². The fraction of sp³-hybridized carbons (Fsp3) is 1.00. The summed E-state index contributed by atoms with van der Waals surface area (Å²) < 4.78 is 56.1. The molecule has 0 aromatic carbocycles. The summed E-state index contributed by atoms with van der Waals surface area (Å²) in [6.07, 6.45) is 0. The first kappa shape index (κ1) is 19.8. The van der Waals surface area contributed by atoms with Crippen LogP contribution in [0.5, 0.6) is 0 Å². The Morgan fingerprint density at radius 3 is 1.30 bits per heavy atom. The van der Waals surface area contributed by atoms with Gasteiger partial charge in [-0.3, -0.25) is 4.55 Å². The number of hydrogen-bond donors (Lipinski definition) is 1. The SMILES string of the molecule is CC(C)N(C(C)C)S(=O)(=O)C(C)(C)C(C)(C)S(=O)(=O)O. The normalized spacial score (nSPS) is 15.4. The zero-order chi connectivity index (χ0) is 16.7. The average molecular weight is 329 g/mol. The summed E-state index contributed by atoms with van der Waals surface area (Å²) >= 11 is 0. The Balaban J connectivity index is 6.20. The first-order chi connectivity index (χ1) is 8.51. The summed E-state index contributed by atoms with van der Waals surface area (Å²) in [7, 11) is -8.48. The molecule has 0 spiro atoms. The highest BCUT2D eigenvalue weighted by Crippen LogP contribution is 2.38. The number of hydrogen-bond acceptors (Lipinski definition) is 4. The molecule has 8 heteroatoms. The number of sulfonamides is 1. The molecular formula is C12H27NO5S2. The van der Waals surface area contributed by atoms with E-state index in [-0.39, 0.29) is 12.1 Å². The predicted molar refractivity (Wildman–Crippen MR) is 80.7 cm³/mol. The zero-order valence-electron chi connectivity index (χ0n) is 13.5. The Kier molecular flexibility index (Phi) is 5.50. The second-order valence-electron chi connectivity index (χ2n) is 6.52. The van der Waals surface area contributed by atoms with E-state index in [1.807, 2.05) is 0 Å². The molecule has 0 rings (SSSR count). The van der Waals surface area contributed by atoms with Gasteiger partial charge in [-0.2, -0.15) is 12.7 Å². The summed E-state index contributed by atoms with van der Waals surface area (Å²) in [4.78, 5) is 0. The van der Waals surface area contributed by atoms with Crippen LogP contribution in [0.1, 0.15) is 55.4 Å². The molecule has 0 saturated carbocycles. The second-order valence-corrected chi connectivity index (χ2v) is 10.9. The smallest absolute Gasteiger partial charge is 0.271 e. The highest BCUT2D eigenvalue weighted by molar-refractivity contribution is 7.93. The van der Waals surface area contributed by atoms with E-state index in [1.165, 1.54) is 32.0 Å². The molecule has 0 radical (unpaired) electrons. The van der Waals surface area contributed by atoms with Crippen LogP contribution >= 0.6 is 0 Å². The third-order valence-corrected chi connectivity index (χ3v) is 9.16. The molecule has 0 fully saturated rings. The molecule has 0 aromatic rings. The average Bonchev–Trinajstić information content (AvgIpc) is 2.12. The lowest BCUT2D eigenvalue weighted by Crippen LogP contribution is -2.61. The monoisotopic (exact) mass is 329 g/mol. The predicted octanol–water partition coefficient (Wildman–Crippen LogP) is 1.88. The Morgan fingerprint density at radius 1 is 0.800 bits per heavy atom. The minimum atomic E-state index is -4.53. The van der Waals surface area contributed by atoms with Crippen LogP contribution in [-0.4, -0.2) is 47.3 Å². The minimum Gasteiger partial charge on any atom is -0.285 e. The molecule has 0 aliphatic carbocycles. The van der Waals surface area contributed by atoms with Crippen LogP contribution in [0.2, 0.25) is 0 Å². The molecule has 0 amide bonds. The first-order valence-corrected chi connectivity index (χ1v) is 9.40. The molecule has 6 nitrogen and oxygen atoms in total. The van der Waals surface area contributed by atoms with Crippen molar-refractivity contribution < 1.29 is 21.4 Å². The van der Waals surface area contributed by atoms with Crippen LogP contribution < -0.4 is 0 Å². The number of rotatable bonds is 6. The van der Waals surface area contributed by atoms with Gasteiger partial charge in [0.25, 0.3) is 10.1 Å². The van der Waals surface area contributed by atoms with Crippen molar-refractivity contribution in [2.24, 2.45) is 0 Å². The lowest BCUT2D eigenvalue weighted by atomic mass is 9.98. The van der Waals surface area contributed by atoms with Gasteiger partial charge in [0, 0.05) is 12.1 Å². The molecule has 0 aliphatic rings. The fourth-order valence-electron chi connectivity index (χ4n) is 2.04. The lowest BCUT2D eigenvalue weighted by molar-refractivity contribution is 0.282. The van der Waals surface area contributed by atoms with E-state index in [2.05, 4.69) is 0 Å². The third kappa shape index (κ3) is 3.03. The van der Waals surface area contributed by atoms with E-state index in [4.69, 9.17) is 0 Å². The molecule has 0 atom stereocenters. The van der Waals surface area contributed by atoms with Crippen LogP contribution in [0, 0.1) is 0 Å². The van der Waals surface area contributed by atoms with Crippen LogP contribution in [0.25, 0.3) is 0 Å². The Labute approximate surface area is 123 Å². The van der Waals surface area contributed by atoms with Gasteiger partial charge in [-0.15, -0.1) is 0 Å². The summed E-state index contributed by atoms with van der Waals surface area (Å²) in [6.45, 7) is 12.0. The molecule has 0 saturated heterocycles. The first-order valence-electron chi connectivity index (χ1n) is 6.52. The highest BCUT2D eigenvalue weighted by Gasteiger charge is 2.57. The lowest BCUT2D eigenvalue weighted by Gasteiger charge is -2.43. The molecular weight excluding hydrogens is 302 g/mol. The highest BCUT2D eigenvalue weighted by atomic mass is 32.2. The van der Waals surface area contributed by atoms with Gasteiger partial charge in [-0.1, -0.05) is 0 Å². The van der Waals surface area contributed by atoms with Gasteiger partial charge in [0.1, 0.15) is 9.49 Å². The summed E-state index contributed by atoms with van der Waals surface area (Å²) in [5.41, 5.74) is 0. The molecule has 1 N–H and O–H groups in total. The summed E-state index contributed by atoms with van der Waals surface area (Å²) in [5.74, 6) is 0. The Morgan fingerprint density at radius 2 is 1.10 bits per heavy atom. The van der Waals surface area contributed by atoms with E-state index < -0.39 is 29.6 Å². The van der Waals surface area contributed by atoms with Gasteiger partial charge in [-0.25, -0.2) is 8.42 Å². The van der Waals surface area contributed by atoms with Crippen molar-refractivity contribution in [2.75, 3.05) is 0 Å². The minimum absolute atomic E-state index is 0.309. The van der Waals surface area contributed by atoms with Crippen LogP contribution in [0.3, 0.4) is 0 Å². The maximum atomic E-state index is 12.9. The van der Waals surface area contributed by atoms with E-state index in [1.54, 1.807) is 27.7 Å². The van der Waals surface area contributed by atoms with Crippen molar-refractivity contribution in [1.29, 1.82) is 0 Å². The second kappa shape index (κ2) is 5.55. The largest absolute Gasteiger partial charge is 0.285 e. The van der Waals surface area contributed by atoms with Gasteiger partial charge in [0.15, 0.2) is 0 Å². The molecule has 0 bridgehead atoms. The Bertz CT molecular complexity index is 536. The summed E-state index contributed by atoms with van der Waals surface area (Å²) in [5, 5.41) is 0. The van der Waals surface area contributed by atoms with Gasteiger partial charge in [0.05, 0.1) is 0 Å². The molecule has 20 heavy (non-hydrogen) atoms. The maximum Gasteiger partial charge on any atom is 0.271 e. The van der Waals surface area contributed by atoms with E-state index in [9.17, 15) is 21.4 Å². The van der Waals surface area contributed by atoms with Crippen molar-refractivity contribution in [1.82, 2.24) is 4.31 Å². The topological polar surface area (TPSA) is 91.8 Å². The van der Waals surface area contributed by atoms with Crippen molar-refractivity contribution in [3.63, 3.8) is 0 Å². The van der Waals surface area contributed by atoms with E-state index >= 15 is 0 Å². The van der Waals surface area contributed by atoms with Crippen molar-refractivity contribution in [2.45, 2.75) is 77.0 Å². The molecule has 122 valence electrons. The molecule has 0 aromatic heterocycles. The van der Waals surface area contributed by atoms with Gasteiger partial charge in [-0.05, 0) is 55.4 Å². The van der Waals surface area contributed by atoms with Gasteiger partial charge in [0.2, 0.25) is 10.0 Å². The van der Waals surface area contributed by atoms with Gasteiger partial charge < -0.3 is 0 Å². The van der Waals surface area contributed by atoms with Crippen molar-refractivity contribution >= 4 is 20.1 Å². The van der Waals surface area contributed by atoms with Crippen molar-refractivity contribution in [3.05, 3.63) is 0 Å². The van der Waals surface area contributed by atoms with E-state index in [0.717, 1.165) is 0 Å². The summed E-state index contributed by atoms with van der Waals surface area (Å²) in [6, 6.07) is -0.618. The zero-order valence-corrected chi connectivity index (χ0v) is 15.1. The van der Waals surface area contributed by atoms with Crippen LogP contribution in [0.15, 0.2) is 0 Å². The third-order valence-electron chi connectivity index (χ3n) is 4.04. The quantitative estimate of drug-likeness (QED) is 0.751. The molecule has 0 heterocycles. The maximum absolute atomic E-state index is 12.9. The fourth-order valence-corrected chi connectivity index (χ4v) is 5.55. The van der Waals surface area contributed by atoms with Gasteiger partial charge >= 0.3 is 0 Å². The van der Waals surface area contributed by atoms with Crippen molar-refractivity contribution in [3.8, 4) is 0 Å². The molecule has 0 aliphatic heterocycles. The van der Waals surface area contributed by atoms with Crippen LogP contribution in [-0.2, 0) is 20.1 Å². The molecule has 0 unspecified atom stereocenters. The standard InChI is InChI=1S/C12H27NO5S2/c1-9(2)13(10(3)4)19(14,15)11(5,6)12(7,8)20(16,17)18/h9-10H,1-8H3,(H,16,17,18). The Hall–Kier alpha value is -0.180. The number of nitrogens with zero attached hydrogens (tertiary/aromatic N) is 1. The van der Waals surface area contributed by atoms with Crippen LogP contribution in [0.4, 0.5) is 0 Å².